The van der Waals surface area contributed by atoms with E-state index in [1.807, 2.05) is 36.6 Å². The number of thiophene rings is 1. The summed E-state index contributed by atoms with van der Waals surface area (Å²) in [5, 5.41) is 5.67. The third-order valence-electron chi connectivity index (χ3n) is 4.80. The van der Waals surface area contributed by atoms with Crippen molar-refractivity contribution in [3.8, 4) is 11.4 Å². The molecular formula is C22H19ClN4O3S. The van der Waals surface area contributed by atoms with E-state index in [1.54, 1.807) is 18.2 Å². The Hall–Kier alpha value is -3.36. The van der Waals surface area contributed by atoms with Crippen LogP contribution in [0.2, 0.25) is 5.02 Å². The Balaban J connectivity index is 1.79. The van der Waals surface area contributed by atoms with Crippen LogP contribution in [0.3, 0.4) is 0 Å². The Bertz CT molecular complexity index is 1360. The molecule has 0 aliphatic heterocycles. The van der Waals surface area contributed by atoms with Crippen LogP contribution >= 0.6 is 22.9 Å². The number of hydrogen-bond donors (Lipinski definition) is 2. The summed E-state index contributed by atoms with van der Waals surface area (Å²) < 4.78 is 7.75. The zero-order valence-electron chi connectivity index (χ0n) is 16.8. The number of halogens is 1. The first-order valence-electron chi connectivity index (χ1n) is 9.36. The van der Waals surface area contributed by atoms with Gasteiger partial charge in [0.2, 0.25) is 5.91 Å². The van der Waals surface area contributed by atoms with Crippen molar-refractivity contribution in [2.24, 2.45) is 5.73 Å². The van der Waals surface area contributed by atoms with Crippen LogP contribution in [0.5, 0.6) is 5.75 Å². The smallest absolute Gasteiger partial charge is 0.354 e. The molecule has 0 saturated carbocycles. The summed E-state index contributed by atoms with van der Waals surface area (Å²) in [6, 6.07) is 12.5. The van der Waals surface area contributed by atoms with Gasteiger partial charge in [0, 0.05) is 16.8 Å². The molecule has 0 atom stereocenters. The number of nitrogens with one attached hydrogen (secondary N) is 1. The number of rotatable bonds is 6. The molecule has 9 heteroatoms. The number of aromatic nitrogens is 2. The number of anilines is 2. The van der Waals surface area contributed by atoms with Crippen LogP contribution in [0.1, 0.15) is 11.1 Å². The van der Waals surface area contributed by atoms with E-state index in [2.05, 4.69) is 10.3 Å². The fraction of sp³-hybridized carbons (Fsp3) is 0.136. The summed E-state index contributed by atoms with van der Waals surface area (Å²) in [6.07, 6.45) is 0.174. The highest BCUT2D eigenvalue weighted by Gasteiger charge is 2.17. The molecule has 0 fully saturated rings. The number of nitrogens with zero attached hydrogens (tertiary/aromatic N) is 2. The number of fused-ring (bicyclic) bond motifs is 1. The van der Waals surface area contributed by atoms with Crippen molar-refractivity contribution in [2.45, 2.75) is 13.3 Å². The van der Waals surface area contributed by atoms with Crippen LogP contribution in [0.15, 0.2) is 52.6 Å². The molecule has 0 spiro atoms. The van der Waals surface area contributed by atoms with Gasteiger partial charge in [-0.3, -0.25) is 9.36 Å². The molecule has 0 unspecified atom stereocenters. The zero-order chi connectivity index (χ0) is 22.1. The largest absolute Gasteiger partial charge is 0.495 e. The number of nitrogens with two attached hydrogens (primary N) is 1. The van der Waals surface area contributed by atoms with Gasteiger partial charge in [-0.05, 0) is 47.7 Å². The number of carbonyl (C=O) groups excluding carboxylic acids is 1. The highest BCUT2D eigenvalue weighted by molar-refractivity contribution is 7.17. The first-order valence-corrected chi connectivity index (χ1v) is 10.6. The molecule has 4 rings (SSSR count). The van der Waals surface area contributed by atoms with Crippen molar-refractivity contribution in [3.63, 3.8) is 0 Å². The van der Waals surface area contributed by atoms with Crippen LogP contribution in [-0.2, 0) is 11.2 Å². The second-order valence-corrected chi connectivity index (χ2v) is 8.30. The Morgan fingerprint density at radius 1 is 1.26 bits per heavy atom. The number of aryl methyl sites for hydroxylation is 1. The molecule has 7 nitrogen and oxygen atoms in total. The number of benzene rings is 2. The Morgan fingerprint density at radius 3 is 2.77 bits per heavy atom. The van der Waals surface area contributed by atoms with Crippen molar-refractivity contribution in [3.05, 3.63) is 74.5 Å². The first-order chi connectivity index (χ1) is 14.9. The summed E-state index contributed by atoms with van der Waals surface area (Å²) in [4.78, 5) is 28.5. The molecule has 31 heavy (non-hydrogen) atoms. The van der Waals surface area contributed by atoms with Gasteiger partial charge in [0.15, 0.2) is 5.82 Å². The Labute approximate surface area is 187 Å². The second kappa shape index (κ2) is 8.41. The summed E-state index contributed by atoms with van der Waals surface area (Å²) >= 11 is 7.54. The maximum Gasteiger partial charge on any atom is 0.354 e. The predicted molar refractivity (Wildman–Crippen MR) is 124 cm³/mol. The number of carbonyl (C=O) groups is 1. The van der Waals surface area contributed by atoms with Gasteiger partial charge in [0.1, 0.15) is 5.75 Å². The Morgan fingerprint density at radius 2 is 2.06 bits per heavy atom. The maximum atomic E-state index is 13.0. The van der Waals surface area contributed by atoms with E-state index in [4.69, 9.17) is 22.1 Å². The number of amides is 1. The molecule has 0 aliphatic rings. The highest BCUT2D eigenvalue weighted by atomic mass is 35.5. The van der Waals surface area contributed by atoms with Gasteiger partial charge in [0.25, 0.3) is 0 Å². The molecule has 0 radical (unpaired) electrons. The summed E-state index contributed by atoms with van der Waals surface area (Å²) in [5.74, 6) is 0.554. The minimum atomic E-state index is -0.447. The van der Waals surface area contributed by atoms with Gasteiger partial charge >= 0.3 is 5.69 Å². The number of primary amides is 1. The number of hydrogen-bond acceptors (Lipinski definition) is 6. The van der Waals surface area contributed by atoms with Crippen LogP contribution in [0.25, 0.3) is 15.9 Å². The van der Waals surface area contributed by atoms with Crippen molar-refractivity contribution in [1.82, 2.24) is 9.55 Å². The molecule has 3 N–H and O–H groups in total. The van der Waals surface area contributed by atoms with Gasteiger partial charge in [-0.2, -0.15) is 4.98 Å². The fourth-order valence-electron chi connectivity index (χ4n) is 3.41. The van der Waals surface area contributed by atoms with Gasteiger partial charge in [0.05, 0.1) is 29.4 Å². The Kier molecular flexibility index (Phi) is 5.67. The SMILES string of the molecule is COc1cc(Cl)ccc1-n1c(=O)nc(Nc2ccc(CC(N)=O)cc2C)c2sccc21. The van der Waals surface area contributed by atoms with Crippen LogP contribution in [0, 0.1) is 6.92 Å². The lowest BCUT2D eigenvalue weighted by Gasteiger charge is -2.15. The molecule has 158 valence electrons. The van der Waals surface area contributed by atoms with E-state index in [1.165, 1.54) is 23.0 Å². The van der Waals surface area contributed by atoms with Crippen molar-refractivity contribution in [1.29, 1.82) is 0 Å². The molecule has 2 aromatic carbocycles. The van der Waals surface area contributed by atoms with Crippen molar-refractivity contribution >= 4 is 50.6 Å². The lowest BCUT2D eigenvalue weighted by Crippen LogP contribution is -2.23. The topological polar surface area (TPSA) is 99.2 Å². The molecule has 0 saturated heterocycles. The van der Waals surface area contributed by atoms with Crippen LogP contribution in [-0.4, -0.2) is 22.6 Å². The van der Waals surface area contributed by atoms with E-state index < -0.39 is 5.69 Å². The van der Waals surface area contributed by atoms with E-state index in [9.17, 15) is 9.59 Å². The van der Waals surface area contributed by atoms with Crippen molar-refractivity contribution in [2.75, 3.05) is 12.4 Å². The van der Waals surface area contributed by atoms with E-state index in [-0.39, 0.29) is 12.3 Å². The summed E-state index contributed by atoms with van der Waals surface area (Å²) in [6.45, 7) is 1.91. The van der Waals surface area contributed by atoms with Gasteiger partial charge in [-0.15, -0.1) is 11.3 Å². The molecular weight excluding hydrogens is 436 g/mol. The van der Waals surface area contributed by atoms with Gasteiger partial charge < -0.3 is 15.8 Å². The second-order valence-electron chi connectivity index (χ2n) is 6.95. The number of ether oxygens (including phenoxy) is 1. The highest BCUT2D eigenvalue weighted by Crippen LogP contribution is 2.33. The zero-order valence-corrected chi connectivity index (χ0v) is 18.4. The normalized spacial score (nSPS) is 10.9. The molecule has 0 aliphatic carbocycles. The van der Waals surface area contributed by atoms with Crippen molar-refractivity contribution < 1.29 is 9.53 Å². The molecule has 4 aromatic rings. The molecule has 1 amide bonds. The van der Waals surface area contributed by atoms with Gasteiger partial charge in [-0.1, -0.05) is 23.7 Å². The third-order valence-corrected chi connectivity index (χ3v) is 5.95. The minimum Gasteiger partial charge on any atom is -0.495 e. The van der Waals surface area contributed by atoms with E-state index in [0.717, 1.165) is 21.5 Å². The van der Waals surface area contributed by atoms with E-state index in [0.29, 0.717) is 27.8 Å². The molecule has 2 heterocycles. The summed E-state index contributed by atoms with van der Waals surface area (Å²) in [5.41, 5.74) is 8.62. The quantitative estimate of drug-likeness (QED) is 0.455. The van der Waals surface area contributed by atoms with Crippen LogP contribution < -0.4 is 21.5 Å². The monoisotopic (exact) mass is 454 g/mol. The van der Waals surface area contributed by atoms with E-state index >= 15 is 0 Å². The number of methoxy groups -OCH3 is 1. The fourth-order valence-corrected chi connectivity index (χ4v) is 4.40. The predicted octanol–water partition coefficient (Wildman–Crippen LogP) is 4.19. The maximum absolute atomic E-state index is 13.0. The molecule has 0 bridgehead atoms. The van der Waals surface area contributed by atoms with Gasteiger partial charge in [-0.25, -0.2) is 4.79 Å². The average molecular weight is 455 g/mol. The molecule has 2 aromatic heterocycles. The standard InChI is InChI=1S/C22H19ClN4O3S/c1-12-9-13(10-19(24)28)3-5-15(12)25-21-20-17(7-8-31-20)27(22(29)26-21)16-6-4-14(23)11-18(16)30-2/h3-9,11H,10H2,1-2H3,(H2,24,28)(H,25,26,29). The van der Waals surface area contributed by atoms with Crippen LogP contribution in [0.4, 0.5) is 11.5 Å². The average Bonchev–Trinajstić information content (AvgIpc) is 3.20. The lowest BCUT2D eigenvalue weighted by molar-refractivity contribution is -0.117. The summed E-state index contributed by atoms with van der Waals surface area (Å²) in [7, 11) is 1.53. The minimum absolute atomic E-state index is 0.174. The first kappa shape index (κ1) is 20.9. The lowest BCUT2D eigenvalue weighted by atomic mass is 10.1. The third kappa shape index (κ3) is 4.12.